The van der Waals surface area contributed by atoms with Crippen LogP contribution < -0.4 is 0 Å². The first-order valence-electron chi connectivity index (χ1n) is 9.01. The summed E-state index contributed by atoms with van der Waals surface area (Å²) in [6.07, 6.45) is 0. The molecule has 0 aliphatic carbocycles. The molecule has 0 aliphatic heterocycles. The summed E-state index contributed by atoms with van der Waals surface area (Å²) in [4.78, 5) is 0. The molecule has 2 heteroatoms. The van der Waals surface area contributed by atoms with Gasteiger partial charge in [-0.15, -0.1) is 0 Å². The average Bonchev–Trinajstić information content (AvgIpc) is 2.67. The molecule has 0 spiro atoms. The van der Waals surface area contributed by atoms with Gasteiger partial charge in [-0.1, -0.05) is 29.7 Å². The first-order chi connectivity index (χ1) is 13.3. The standard InChI is InChI=1S/C26H20F2/c1-17-13-19(3)24(14-18(17)2)12-11-22-7-5-21(6-8-22)9-10-23-15-25(27)20(4)26(28)16-23/h5-8,13-16H,1-4H3. The summed E-state index contributed by atoms with van der Waals surface area (Å²) in [5.41, 5.74) is 6.64. The molecule has 0 N–H and O–H groups in total. The van der Waals surface area contributed by atoms with E-state index in [4.69, 9.17) is 0 Å². The van der Waals surface area contributed by atoms with E-state index in [-0.39, 0.29) is 5.56 Å². The summed E-state index contributed by atoms with van der Waals surface area (Å²) in [5, 5.41) is 0. The van der Waals surface area contributed by atoms with Crippen molar-refractivity contribution in [2.45, 2.75) is 27.7 Å². The molecule has 0 saturated carbocycles. The summed E-state index contributed by atoms with van der Waals surface area (Å²) < 4.78 is 27.2. The van der Waals surface area contributed by atoms with Crippen molar-refractivity contribution >= 4 is 0 Å². The van der Waals surface area contributed by atoms with Crippen LogP contribution in [0.1, 0.15) is 44.5 Å². The summed E-state index contributed by atoms with van der Waals surface area (Å²) in [6.45, 7) is 7.64. The molecule has 138 valence electrons. The van der Waals surface area contributed by atoms with Gasteiger partial charge >= 0.3 is 0 Å². The number of benzene rings is 3. The first-order valence-corrected chi connectivity index (χ1v) is 9.01. The Morgan fingerprint density at radius 2 is 1.00 bits per heavy atom. The second-order valence-electron chi connectivity index (χ2n) is 6.89. The van der Waals surface area contributed by atoms with E-state index in [1.165, 1.54) is 30.2 Å². The van der Waals surface area contributed by atoms with Gasteiger partial charge in [0.15, 0.2) is 0 Å². The van der Waals surface area contributed by atoms with Crippen LogP contribution in [0.15, 0.2) is 48.5 Å². The topological polar surface area (TPSA) is 0 Å². The van der Waals surface area contributed by atoms with Crippen LogP contribution in [0.3, 0.4) is 0 Å². The van der Waals surface area contributed by atoms with Gasteiger partial charge in [0.05, 0.1) is 0 Å². The van der Waals surface area contributed by atoms with Crippen LogP contribution in [0.2, 0.25) is 0 Å². The molecule has 3 aromatic rings. The summed E-state index contributed by atoms with van der Waals surface area (Å²) >= 11 is 0. The van der Waals surface area contributed by atoms with E-state index in [0.29, 0.717) is 5.56 Å². The Kier molecular flexibility index (Phi) is 5.62. The molecule has 0 aromatic heterocycles. The zero-order chi connectivity index (χ0) is 20.3. The van der Waals surface area contributed by atoms with Crippen molar-refractivity contribution in [3.8, 4) is 23.7 Å². The lowest BCUT2D eigenvalue weighted by Gasteiger charge is -2.04. The fraction of sp³-hybridized carbons (Fsp3) is 0.154. The van der Waals surface area contributed by atoms with Crippen molar-refractivity contribution in [3.05, 3.63) is 105 Å². The average molecular weight is 370 g/mol. The van der Waals surface area contributed by atoms with E-state index in [0.717, 1.165) is 22.3 Å². The second kappa shape index (κ2) is 8.12. The zero-order valence-corrected chi connectivity index (χ0v) is 16.4. The largest absolute Gasteiger partial charge is 0.207 e. The number of aryl methyl sites for hydroxylation is 3. The van der Waals surface area contributed by atoms with Gasteiger partial charge in [-0.25, -0.2) is 8.78 Å². The Bertz CT molecular complexity index is 1140. The Balaban J connectivity index is 1.80. The van der Waals surface area contributed by atoms with Gasteiger partial charge in [0.25, 0.3) is 0 Å². The lowest BCUT2D eigenvalue weighted by molar-refractivity contribution is 0.567. The van der Waals surface area contributed by atoms with Crippen molar-refractivity contribution in [2.75, 3.05) is 0 Å². The zero-order valence-electron chi connectivity index (χ0n) is 16.4. The second-order valence-corrected chi connectivity index (χ2v) is 6.89. The molecule has 28 heavy (non-hydrogen) atoms. The van der Waals surface area contributed by atoms with Gasteiger partial charge in [0.1, 0.15) is 11.6 Å². The van der Waals surface area contributed by atoms with Crippen LogP contribution in [0.4, 0.5) is 8.78 Å². The molecule has 0 radical (unpaired) electrons. The number of rotatable bonds is 0. The molecule has 0 atom stereocenters. The highest BCUT2D eigenvalue weighted by Gasteiger charge is 2.05. The van der Waals surface area contributed by atoms with Crippen molar-refractivity contribution in [1.82, 2.24) is 0 Å². The fourth-order valence-electron chi connectivity index (χ4n) is 2.73. The van der Waals surface area contributed by atoms with Crippen LogP contribution in [-0.4, -0.2) is 0 Å². The molecule has 0 nitrogen and oxygen atoms in total. The predicted molar refractivity (Wildman–Crippen MR) is 110 cm³/mol. The molecule has 3 aromatic carbocycles. The maximum atomic E-state index is 13.6. The van der Waals surface area contributed by atoms with E-state index >= 15 is 0 Å². The third-order valence-corrected chi connectivity index (χ3v) is 4.70. The summed E-state index contributed by atoms with van der Waals surface area (Å²) in [5.74, 6) is 11.0. The highest BCUT2D eigenvalue weighted by atomic mass is 19.1. The summed E-state index contributed by atoms with van der Waals surface area (Å²) in [6, 6.07) is 14.2. The number of hydrogen-bond donors (Lipinski definition) is 0. The number of halogens is 2. The monoisotopic (exact) mass is 370 g/mol. The maximum absolute atomic E-state index is 13.6. The van der Waals surface area contributed by atoms with Gasteiger partial charge in [-0.05, 0) is 86.8 Å². The third-order valence-electron chi connectivity index (χ3n) is 4.70. The van der Waals surface area contributed by atoms with Gasteiger partial charge in [0.2, 0.25) is 0 Å². The first kappa shape index (κ1) is 19.4. The van der Waals surface area contributed by atoms with E-state index in [9.17, 15) is 8.78 Å². The minimum atomic E-state index is -0.587. The fourth-order valence-corrected chi connectivity index (χ4v) is 2.73. The number of hydrogen-bond acceptors (Lipinski definition) is 0. The minimum absolute atomic E-state index is 0.00693. The molecule has 0 unspecified atom stereocenters. The lowest BCUT2D eigenvalue weighted by atomic mass is 10.0. The molecular weight excluding hydrogens is 350 g/mol. The van der Waals surface area contributed by atoms with Gasteiger partial charge in [-0.2, -0.15) is 0 Å². The quantitative estimate of drug-likeness (QED) is 0.426. The third kappa shape index (κ3) is 4.48. The van der Waals surface area contributed by atoms with Crippen LogP contribution in [0.5, 0.6) is 0 Å². The van der Waals surface area contributed by atoms with Crippen LogP contribution in [0, 0.1) is 63.0 Å². The van der Waals surface area contributed by atoms with Crippen molar-refractivity contribution in [1.29, 1.82) is 0 Å². The highest BCUT2D eigenvalue weighted by molar-refractivity contribution is 5.51. The molecule has 0 amide bonds. The molecule has 3 rings (SSSR count). The van der Waals surface area contributed by atoms with E-state index in [1.54, 1.807) is 0 Å². The van der Waals surface area contributed by atoms with Crippen molar-refractivity contribution in [2.24, 2.45) is 0 Å². The van der Waals surface area contributed by atoms with E-state index in [2.05, 4.69) is 56.6 Å². The lowest BCUT2D eigenvalue weighted by Crippen LogP contribution is -1.90. The van der Waals surface area contributed by atoms with Crippen molar-refractivity contribution < 1.29 is 8.78 Å². The Morgan fingerprint density at radius 3 is 1.57 bits per heavy atom. The minimum Gasteiger partial charge on any atom is -0.207 e. The van der Waals surface area contributed by atoms with Crippen LogP contribution in [0.25, 0.3) is 0 Å². The molecule has 0 fully saturated rings. The van der Waals surface area contributed by atoms with E-state index in [1.807, 2.05) is 24.3 Å². The summed E-state index contributed by atoms with van der Waals surface area (Å²) in [7, 11) is 0. The van der Waals surface area contributed by atoms with Gasteiger partial charge in [-0.3, -0.25) is 0 Å². The van der Waals surface area contributed by atoms with E-state index < -0.39 is 11.6 Å². The molecule has 0 bridgehead atoms. The predicted octanol–water partition coefficient (Wildman–Crippen LogP) is 6.00. The maximum Gasteiger partial charge on any atom is 0.130 e. The highest BCUT2D eigenvalue weighted by Crippen LogP contribution is 2.15. The van der Waals surface area contributed by atoms with Gasteiger partial charge in [0, 0.05) is 27.8 Å². The van der Waals surface area contributed by atoms with Crippen LogP contribution >= 0.6 is 0 Å². The Morgan fingerprint density at radius 1 is 0.536 bits per heavy atom. The molecular formula is C26H20F2. The molecule has 0 heterocycles. The Labute approximate surface area is 165 Å². The normalized spacial score (nSPS) is 9.93. The molecule has 0 saturated heterocycles. The smallest absolute Gasteiger partial charge is 0.130 e. The van der Waals surface area contributed by atoms with Gasteiger partial charge < -0.3 is 0 Å². The van der Waals surface area contributed by atoms with Crippen molar-refractivity contribution in [3.63, 3.8) is 0 Å². The SMILES string of the molecule is Cc1cc(C)c(C#Cc2ccc(C#Cc3cc(F)c(C)c(F)c3)cc2)cc1C. The van der Waals surface area contributed by atoms with Crippen LogP contribution in [-0.2, 0) is 0 Å². The molecule has 0 aliphatic rings. The Hall–Kier alpha value is -3.36.